The number of benzene rings is 2. The topological polar surface area (TPSA) is 76.8 Å². The van der Waals surface area contributed by atoms with E-state index < -0.39 is 0 Å². The Morgan fingerprint density at radius 2 is 2.00 bits per heavy atom. The molecule has 1 aliphatic rings. The van der Waals surface area contributed by atoms with Crippen molar-refractivity contribution in [2.24, 2.45) is 0 Å². The van der Waals surface area contributed by atoms with E-state index in [-0.39, 0.29) is 17.9 Å². The molecule has 0 saturated heterocycles. The summed E-state index contributed by atoms with van der Waals surface area (Å²) in [6, 6.07) is 17.7. The average Bonchev–Trinajstić information content (AvgIpc) is 3.23. The SMILES string of the molecule is COc1ccccc1C1CN(CCNC(=O)c2cc(C(C)C)on2)Cc2ccccc2O1. The first-order chi connectivity index (χ1) is 15.5. The van der Waals surface area contributed by atoms with Gasteiger partial charge in [-0.3, -0.25) is 9.69 Å². The largest absolute Gasteiger partial charge is 0.496 e. The Labute approximate surface area is 188 Å². The van der Waals surface area contributed by atoms with Gasteiger partial charge in [-0.2, -0.15) is 0 Å². The van der Waals surface area contributed by atoms with Crippen molar-refractivity contribution >= 4 is 5.91 Å². The van der Waals surface area contributed by atoms with Gasteiger partial charge >= 0.3 is 0 Å². The fourth-order valence-electron chi connectivity index (χ4n) is 3.83. The number of fused-ring (bicyclic) bond motifs is 1. The molecule has 0 bridgehead atoms. The molecule has 1 atom stereocenters. The molecule has 0 saturated carbocycles. The molecule has 7 nitrogen and oxygen atoms in total. The van der Waals surface area contributed by atoms with Crippen LogP contribution in [0.5, 0.6) is 11.5 Å². The summed E-state index contributed by atoms with van der Waals surface area (Å²) in [6.07, 6.45) is -0.186. The van der Waals surface area contributed by atoms with Gasteiger partial charge in [0.15, 0.2) is 5.69 Å². The number of rotatable bonds is 7. The van der Waals surface area contributed by atoms with Gasteiger partial charge < -0.3 is 19.3 Å². The molecule has 2 aromatic carbocycles. The van der Waals surface area contributed by atoms with Crippen LogP contribution in [0.15, 0.2) is 59.1 Å². The molecular weight excluding hydrogens is 406 g/mol. The second kappa shape index (κ2) is 9.87. The van der Waals surface area contributed by atoms with E-state index in [1.54, 1.807) is 13.2 Å². The van der Waals surface area contributed by atoms with E-state index in [9.17, 15) is 4.79 Å². The third kappa shape index (κ3) is 4.94. The number of aromatic nitrogens is 1. The number of hydrogen-bond donors (Lipinski definition) is 1. The molecular formula is C25H29N3O4. The third-order valence-electron chi connectivity index (χ3n) is 5.59. The van der Waals surface area contributed by atoms with Crippen molar-refractivity contribution in [3.8, 4) is 11.5 Å². The maximum atomic E-state index is 12.5. The first-order valence-corrected chi connectivity index (χ1v) is 10.9. The van der Waals surface area contributed by atoms with Crippen LogP contribution in [0.1, 0.15) is 53.2 Å². The van der Waals surface area contributed by atoms with E-state index in [1.807, 2.05) is 56.3 Å². The Balaban J connectivity index is 1.46. The van der Waals surface area contributed by atoms with Crippen molar-refractivity contribution < 1.29 is 18.8 Å². The monoisotopic (exact) mass is 435 g/mol. The molecule has 2 heterocycles. The maximum Gasteiger partial charge on any atom is 0.273 e. The fraction of sp³-hybridized carbons (Fsp3) is 0.360. The van der Waals surface area contributed by atoms with Gasteiger partial charge in [0.1, 0.15) is 23.4 Å². The van der Waals surface area contributed by atoms with Crippen LogP contribution < -0.4 is 14.8 Å². The summed E-state index contributed by atoms with van der Waals surface area (Å²) in [4.78, 5) is 14.7. The summed E-state index contributed by atoms with van der Waals surface area (Å²) in [6.45, 7) is 6.57. The summed E-state index contributed by atoms with van der Waals surface area (Å²) in [5.74, 6) is 2.34. The number of nitrogens with zero attached hydrogens (tertiary/aromatic N) is 2. The maximum absolute atomic E-state index is 12.5. The number of hydrogen-bond acceptors (Lipinski definition) is 6. The van der Waals surface area contributed by atoms with E-state index in [0.717, 1.165) is 29.2 Å². The Kier molecular flexibility index (Phi) is 6.75. The molecule has 1 aliphatic heterocycles. The predicted octanol–water partition coefficient (Wildman–Crippen LogP) is 4.17. The molecule has 0 aliphatic carbocycles. The molecule has 168 valence electrons. The molecule has 7 heteroatoms. The Hall–Kier alpha value is -3.32. The minimum absolute atomic E-state index is 0.186. The van der Waals surface area contributed by atoms with Crippen molar-refractivity contribution in [2.75, 3.05) is 26.7 Å². The summed E-state index contributed by atoms with van der Waals surface area (Å²) in [5, 5.41) is 6.84. The molecule has 0 spiro atoms. The number of nitrogens with one attached hydrogen (secondary N) is 1. The van der Waals surface area contributed by atoms with Crippen LogP contribution >= 0.6 is 0 Å². The molecule has 1 N–H and O–H groups in total. The van der Waals surface area contributed by atoms with Crippen molar-refractivity contribution in [2.45, 2.75) is 32.4 Å². The number of ether oxygens (including phenoxy) is 2. The van der Waals surface area contributed by atoms with E-state index in [1.165, 1.54) is 0 Å². The summed E-state index contributed by atoms with van der Waals surface area (Å²) >= 11 is 0. The lowest BCUT2D eigenvalue weighted by molar-refractivity contribution is 0.0933. The zero-order valence-electron chi connectivity index (χ0n) is 18.7. The Morgan fingerprint density at radius 3 is 2.78 bits per heavy atom. The van der Waals surface area contributed by atoms with Gasteiger partial charge in [-0.15, -0.1) is 0 Å². The highest BCUT2D eigenvalue weighted by atomic mass is 16.5. The third-order valence-corrected chi connectivity index (χ3v) is 5.59. The van der Waals surface area contributed by atoms with Crippen molar-refractivity contribution in [1.29, 1.82) is 0 Å². The smallest absolute Gasteiger partial charge is 0.273 e. The lowest BCUT2D eigenvalue weighted by atomic mass is 10.1. The second-order valence-corrected chi connectivity index (χ2v) is 8.22. The molecule has 0 fully saturated rings. The van der Waals surface area contributed by atoms with Gasteiger partial charge in [0.05, 0.1) is 7.11 Å². The normalized spacial score (nSPS) is 16.2. The van der Waals surface area contributed by atoms with Gasteiger partial charge in [0, 0.05) is 49.3 Å². The quantitative estimate of drug-likeness (QED) is 0.600. The van der Waals surface area contributed by atoms with E-state index >= 15 is 0 Å². The molecule has 0 radical (unpaired) electrons. The minimum Gasteiger partial charge on any atom is -0.496 e. The van der Waals surface area contributed by atoms with Crippen LogP contribution in [-0.4, -0.2) is 42.7 Å². The van der Waals surface area contributed by atoms with Crippen LogP contribution in [0, 0.1) is 0 Å². The van der Waals surface area contributed by atoms with Crippen LogP contribution in [0.2, 0.25) is 0 Å². The molecule has 32 heavy (non-hydrogen) atoms. The zero-order valence-corrected chi connectivity index (χ0v) is 18.7. The van der Waals surface area contributed by atoms with Gasteiger partial charge in [-0.25, -0.2) is 0 Å². The first-order valence-electron chi connectivity index (χ1n) is 10.9. The van der Waals surface area contributed by atoms with Crippen LogP contribution in [0.25, 0.3) is 0 Å². The average molecular weight is 436 g/mol. The molecule has 1 aromatic heterocycles. The second-order valence-electron chi connectivity index (χ2n) is 8.22. The fourth-order valence-corrected chi connectivity index (χ4v) is 3.83. The molecule has 3 aromatic rings. The molecule has 1 amide bonds. The molecule has 1 unspecified atom stereocenters. The molecule has 4 rings (SSSR count). The summed E-state index contributed by atoms with van der Waals surface area (Å²) < 4.78 is 17.2. The van der Waals surface area contributed by atoms with E-state index in [0.29, 0.717) is 31.1 Å². The van der Waals surface area contributed by atoms with Gasteiger partial charge in [-0.1, -0.05) is 55.4 Å². The highest BCUT2D eigenvalue weighted by Gasteiger charge is 2.26. The minimum atomic E-state index is -0.228. The van der Waals surface area contributed by atoms with Crippen LogP contribution in [0.3, 0.4) is 0 Å². The van der Waals surface area contributed by atoms with Gasteiger partial charge in [-0.05, 0) is 12.1 Å². The first kappa shape index (κ1) is 21.9. The number of amides is 1. The Morgan fingerprint density at radius 1 is 1.22 bits per heavy atom. The van der Waals surface area contributed by atoms with Gasteiger partial charge in [0.25, 0.3) is 5.91 Å². The summed E-state index contributed by atoms with van der Waals surface area (Å²) in [5.41, 5.74) is 2.43. The lowest BCUT2D eigenvalue weighted by Crippen LogP contribution is -2.36. The summed E-state index contributed by atoms with van der Waals surface area (Å²) in [7, 11) is 1.67. The predicted molar refractivity (Wildman–Crippen MR) is 121 cm³/mol. The van der Waals surface area contributed by atoms with Crippen LogP contribution in [0.4, 0.5) is 0 Å². The Bertz CT molecular complexity index is 1060. The number of para-hydroxylation sites is 2. The number of carbonyl (C=O) groups excluding carboxylic acids is 1. The zero-order chi connectivity index (χ0) is 22.5. The van der Waals surface area contributed by atoms with Crippen molar-refractivity contribution in [1.82, 2.24) is 15.4 Å². The number of carbonyl (C=O) groups is 1. The van der Waals surface area contributed by atoms with Crippen LogP contribution in [-0.2, 0) is 6.54 Å². The standard InChI is InChI=1S/C25H29N3O4/c1-17(2)23-14-20(27-32-23)25(29)26-12-13-28-15-18-8-4-6-10-21(18)31-24(16-28)19-9-5-7-11-22(19)30-3/h4-11,14,17,24H,12-13,15-16H2,1-3H3,(H,26,29). The van der Waals surface area contributed by atoms with Crippen molar-refractivity contribution in [3.63, 3.8) is 0 Å². The number of methoxy groups -OCH3 is 1. The van der Waals surface area contributed by atoms with Crippen molar-refractivity contribution in [3.05, 3.63) is 77.2 Å². The highest BCUT2D eigenvalue weighted by molar-refractivity contribution is 5.92. The van der Waals surface area contributed by atoms with Gasteiger partial charge in [0.2, 0.25) is 0 Å². The highest BCUT2D eigenvalue weighted by Crippen LogP contribution is 2.34. The van der Waals surface area contributed by atoms with E-state index in [2.05, 4.69) is 21.4 Å². The van der Waals surface area contributed by atoms with E-state index in [4.69, 9.17) is 14.0 Å². The lowest BCUT2D eigenvalue weighted by Gasteiger charge is -2.25.